The second-order valence-electron chi connectivity index (χ2n) is 6.16. The molecule has 1 aliphatic rings. The Morgan fingerprint density at radius 1 is 1.30 bits per heavy atom. The third kappa shape index (κ3) is 2.27. The average Bonchev–Trinajstić information content (AvgIpc) is 3.00. The van der Waals surface area contributed by atoms with Gasteiger partial charge in [-0.25, -0.2) is 9.48 Å². The Kier molecular flexibility index (Phi) is 3.45. The molecule has 23 heavy (non-hydrogen) atoms. The topological polar surface area (TPSA) is 57.3 Å². The molecule has 0 amide bonds. The van der Waals surface area contributed by atoms with Crippen molar-refractivity contribution in [3.8, 4) is 0 Å². The lowest BCUT2D eigenvalue weighted by Gasteiger charge is -2.23. The highest BCUT2D eigenvalue weighted by Gasteiger charge is 2.20. The van der Waals surface area contributed by atoms with Crippen LogP contribution < -0.4 is 5.63 Å². The van der Waals surface area contributed by atoms with Gasteiger partial charge >= 0.3 is 5.63 Å². The van der Waals surface area contributed by atoms with E-state index in [-0.39, 0.29) is 11.9 Å². The smallest absolute Gasteiger partial charge is 0.343 e. The minimum atomic E-state index is -0.276. The molecule has 1 aliphatic heterocycles. The van der Waals surface area contributed by atoms with Gasteiger partial charge in [-0.05, 0) is 49.3 Å². The van der Waals surface area contributed by atoms with Crippen molar-refractivity contribution in [1.29, 1.82) is 0 Å². The maximum atomic E-state index is 12.3. The summed E-state index contributed by atoms with van der Waals surface area (Å²) >= 11 is 0. The van der Waals surface area contributed by atoms with Crippen LogP contribution in [0.4, 0.5) is 0 Å². The first-order chi connectivity index (χ1) is 11.2. The van der Waals surface area contributed by atoms with Gasteiger partial charge in [-0.15, -0.1) is 0 Å². The van der Waals surface area contributed by atoms with E-state index in [9.17, 15) is 4.79 Å². The fraction of sp³-hybridized carbons (Fsp3) is 0.444. The Hall–Kier alpha value is -2.14. The van der Waals surface area contributed by atoms with E-state index < -0.39 is 0 Å². The van der Waals surface area contributed by atoms with Crippen LogP contribution in [0.5, 0.6) is 0 Å². The first-order valence-electron chi connectivity index (χ1n) is 8.24. The molecule has 0 saturated carbocycles. The standard InChI is InChI=1S/C18H20N2O3/c1-3-16-11(2)13-8-12-10-19-20(17-6-4-5-7-22-17)15(12)9-14(13)18(21)23-16/h8-10,17H,3-7H2,1-2H3. The predicted molar refractivity (Wildman–Crippen MR) is 88.7 cm³/mol. The van der Waals surface area contributed by atoms with Crippen molar-refractivity contribution >= 4 is 21.7 Å². The molecule has 3 aromatic rings. The average molecular weight is 312 g/mol. The fourth-order valence-electron chi connectivity index (χ4n) is 3.45. The molecular formula is C18H20N2O3. The Morgan fingerprint density at radius 3 is 2.91 bits per heavy atom. The molecule has 2 aromatic heterocycles. The number of ether oxygens (including phenoxy) is 1. The Balaban J connectivity index is 1.96. The highest BCUT2D eigenvalue weighted by molar-refractivity contribution is 5.97. The molecule has 1 unspecified atom stereocenters. The first kappa shape index (κ1) is 14.5. The monoisotopic (exact) mass is 312 g/mol. The second kappa shape index (κ2) is 5.49. The van der Waals surface area contributed by atoms with Gasteiger partial charge in [-0.1, -0.05) is 6.92 Å². The summed E-state index contributed by atoms with van der Waals surface area (Å²) in [6.45, 7) is 4.76. The van der Waals surface area contributed by atoms with E-state index in [0.29, 0.717) is 11.8 Å². The van der Waals surface area contributed by atoms with Crippen molar-refractivity contribution in [3.63, 3.8) is 0 Å². The van der Waals surface area contributed by atoms with Crippen molar-refractivity contribution in [2.75, 3.05) is 6.61 Å². The van der Waals surface area contributed by atoms with Crippen LogP contribution in [-0.2, 0) is 11.2 Å². The molecule has 0 N–H and O–H groups in total. The largest absolute Gasteiger partial charge is 0.427 e. The molecule has 5 heteroatoms. The van der Waals surface area contributed by atoms with Crippen molar-refractivity contribution < 1.29 is 9.15 Å². The summed E-state index contributed by atoms with van der Waals surface area (Å²) in [7, 11) is 0. The molecule has 1 saturated heterocycles. The number of fused-ring (bicyclic) bond motifs is 2. The maximum absolute atomic E-state index is 12.3. The van der Waals surface area contributed by atoms with Gasteiger partial charge in [0.05, 0.1) is 17.1 Å². The number of hydrogen-bond acceptors (Lipinski definition) is 4. The molecule has 0 radical (unpaired) electrons. The molecule has 4 rings (SSSR count). The third-order valence-corrected chi connectivity index (χ3v) is 4.74. The summed E-state index contributed by atoms with van der Waals surface area (Å²) in [6, 6.07) is 3.94. The number of aryl methyl sites for hydroxylation is 2. The summed E-state index contributed by atoms with van der Waals surface area (Å²) in [4.78, 5) is 12.3. The van der Waals surface area contributed by atoms with Gasteiger partial charge in [0.2, 0.25) is 0 Å². The number of rotatable bonds is 2. The lowest BCUT2D eigenvalue weighted by molar-refractivity contribution is -0.0366. The van der Waals surface area contributed by atoms with E-state index in [1.807, 2.05) is 36.9 Å². The number of nitrogens with zero attached hydrogens (tertiary/aromatic N) is 2. The third-order valence-electron chi connectivity index (χ3n) is 4.74. The van der Waals surface area contributed by atoms with Crippen LogP contribution in [0.1, 0.15) is 43.7 Å². The summed E-state index contributed by atoms with van der Waals surface area (Å²) in [5.74, 6) is 0.754. The lowest BCUT2D eigenvalue weighted by atomic mass is 10.0. The SMILES string of the molecule is CCc1oc(=O)c2cc3c(cnn3C3CCCCO3)cc2c1C. The van der Waals surface area contributed by atoms with Crippen molar-refractivity contribution in [1.82, 2.24) is 9.78 Å². The summed E-state index contributed by atoms with van der Waals surface area (Å²) in [6.07, 6.45) is 5.72. The van der Waals surface area contributed by atoms with Crippen LogP contribution in [-0.4, -0.2) is 16.4 Å². The number of hydrogen-bond donors (Lipinski definition) is 0. The number of benzene rings is 1. The van der Waals surface area contributed by atoms with E-state index in [4.69, 9.17) is 9.15 Å². The summed E-state index contributed by atoms with van der Waals surface area (Å²) in [5, 5.41) is 7.10. The van der Waals surface area contributed by atoms with Crippen LogP contribution in [0.25, 0.3) is 21.7 Å². The Morgan fingerprint density at radius 2 is 2.17 bits per heavy atom. The van der Waals surface area contributed by atoms with Crippen LogP contribution >= 0.6 is 0 Å². The molecule has 120 valence electrons. The zero-order valence-corrected chi connectivity index (χ0v) is 13.5. The van der Waals surface area contributed by atoms with Crippen LogP contribution in [0, 0.1) is 6.92 Å². The Bertz CT molecular complexity index is 933. The van der Waals surface area contributed by atoms with Gasteiger partial charge in [0, 0.05) is 18.4 Å². The predicted octanol–water partition coefficient (Wildman–Crippen LogP) is 3.71. The van der Waals surface area contributed by atoms with Gasteiger partial charge in [-0.2, -0.15) is 5.10 Å². The molecule has 0 aliphatic carbocycles. The van der Waals surface area contributed by atoms with E-state index in [1.54, 1.807) is 0 Å². The number of aromatic nitrogens is 2. The molecular weight excluding hydrogens is 292 g/mol. The van der Waals surface area contributed by atoms with Crippen LogP contribution in [0.3, 0.4) is 0 Å². The normalized spacial score (nSPS) is 18.8. The summed E-state index contributed by atoms with van der Waals surface area (Å²) in [5.41, 5.74) is 1.69. The quantitative estimate of drug-likeness (QED) is 0.724. The lowest BCUT2D eigenvalue weighted by Crippen LogP contribution is -2.19. The molecule has 1 atom stereocenters. The zero-order valence-electron chi connectivity index (χ0n) is 13.5. The van der Waals surface area contributed by atoms with Crippen LogP contribution in [0.15, 0.2) is 27.5 Å². The molecule has 3 heterocycles. The minimum Gasteiger partial charge on any atom is -0.427 e. The maximum Gasteiger partial charge on any atom is 0.343 e. The zero-order chi connectivity index (χ0) is 16.0. The van der Waals surface area contributed by atoms with E-state index in [2.05, 4.69) is 5.10 Å². The van der Waals surface area contributed by atoms with Crippen molar-refractivity contribution in [2.24, 2.45) is 0 Å². The molecule has 5 nitrogen and oxygen atoms in total. The Labute approximate surface area is 133 Å². The van der Waals surface area contributed by atoms with E-state index in [0.717, 1.165) is 53.5 Å². The highest BCUT2D eigenvalue weighted by atomic mass is 16.5. The molecule has 1 fully saturated rings. The fourth-order valence-corrected chi connectivity index (χ4v) is 3.45. The van der Waals surface area contributed by atoms with Gasteiger partial charge in [0.15, 0.2) is 6.23 Å². The van der Waals surface area contributed by atoms with E-state index >= 15 is 0 Å². The van der Waals surface area contributed by atoms with Gasteiger partial charge in [-0.3, -0.25) is 0 Å². The minimum absolute atomic E-state index is 0.0400. The highest BCUT2D eigenvalue weighted by Crippen LogP contribution is 2.29. The first-order valence-corrected chi connectivity index (χ1v) is 8.24. The van der Waals surface area contributed by atoms with Gasteiger partial charge in [0.25, 0.3) is 0 Å². The van der Waals surface area contributed by atoms with Crippen LogP contribution in [0.2, 0.25) is 0 Å². The van der Waals surface area contributed by atoms with E-state index in [1.165, 1.54) is 0 Å². The molecule has 0 bridgehead atoms. The second-order valence-corrected chi connectivity index (χ2v) is 6.16. The molecule has 0 spiro atoms. The van der Waals surface area contributed by atoms with Crippen molar-refractivity contribution in [3.05, 3.63) is 40.1 Å². The molecule has 1 aromatic carbocycles. The van der Waals surface area contributed by atoms with Gasteiger partial charge < -0.3 is 9.15 Å². The summed E-state index contributed by atoms with van der Waals surface area (Å²) < 4.78 is 13.2. The van der Waals surface area contributed by atoms with Gasteiger partial charge in [0.1, 0.15) is 5.76 Å². The van der Waals surface area contributed by atoms with Crippen molar-refractivity contribution in [2.45, 2.75) is 45.8 Å².